The van der Waals surface area contributed by atoms with Crippen molar-refractivity contribution in [2.75, 3.05) is 6.54 Å². The SMILES string of the molecule is NCCc1c#cc(O)cc1. The molecule has 1 aromatic rings. The van der Waals surface area contributed by atoms with Crippen molar-refractivity contribution in [1.82, 2.24) is 0 Å². The second-order valence-electron chi connectivity index (χ2n) is 2.03. The second-order valence-corrected chi connectivity index (χ2v) is 2.03. The van der Waals surface area contributed by atoms with Gasteiger partial charge in [-0.15, -0.1) is 0 Å². The lowest BCUT2D eigenvalue weighted by molar-refractivity contribution is 0.475. The van der Waals surface area contributed by atoms with Crippen molar-refractivity contribution >= 4 is 0 Å². The van der Waals surface area contributed by atoms with Crippen LogP contribution in [-0.4, -0.2) is 11.7 Å². The third kappa shape index (κ3) is 1.64. The maximum absolute atomic E-state index is 8.81. The zero-order chi connectivity index (χ0) is 7.40. The van der Waals surface area contributed by atoms with Gasteiger partial charge < -0.3 is 10.8 Å². The van der Waals surface area contributed by atoms with E-state index in [1.54, 1.807) is 12.1 Å². The van der Waals surface area contributed by atoms with Crippen LogP contribution in [0.15, 0.2) is 12.1 Å². The number of hydrogen-bond acceptors (Lipinski definition) is 2. The molecule has 0 atom stereocenters. The largest absolute Gasteiger partial charge is 0.501 e. The maximum Gasteiger partial charge on any atom is 0.167 e. The average Bonchev–Trinajstić information content (AvgIpc) is 1.95. The minimum Gasteiger partial charge on any atom is -0.501 e. The highest BCUT2D eigenvalue weighted by molar-refractivity contribution is 5.18. The molecular weight excluding hydrogens is 126 g/mol. The van der Waals surface area contributed by atoms with Crippen LogP contribution < -0.4 is 5.73 Å². The van der Waals surface area contributed by atoms with E-state index in [1.165, 1.54) is 0 Å². The Kier molecular flexibility index (Phi) is 2.14. The predicted molar refractivity (Wildman–Crippen MR) is 38.5 cm³/mol. The summed E-state index contributed by atoms with van der Waals surface area (Å²) in [7, 11) is 0. The molecule has 0 saturated carbocycles. The molecule has 2 nitrogen and oxygen atoms in total. The van der Waals surface area contributed by atoms with Gasteiger partial charge in [-0.2, -0.15) is 0 Å². The summed E-state index contributed by atoms with van der Waals surface area (Å²) in [5, 5.41) is 8.81. The summed E-state index contributed by atoms with van der Waals surface area (Å²) in [4.78, 5) is 0. The second kappa shape index (κ2) is 3.09. The van der Waals surface area contributed by atoms with Gasteiger partial charge in [0.2, 0.25) is 0 Å². The third-order valence-corrected chi connectivity index (χ3v) is 1.21. The first-order valence-corrected chi connectivity index (χ1v) is 3.15. The standard InChI is InChI=1S/C8H9NO/c9-6-5-7-1-3-8(10)4-2-7/h1,3,10H,5-6,9H2. The molecule has 52 valence electrons. The molecule has 0 saturated heterocycles. The minimum absolute atomic E-state index is 0.126. The van der Waals surface area contributed by atoms with Gasteiger partial charge in [0.15, 0.2) is 5.75 Å². The zero-order valence-corrected chi connectivity index (χ0v) is 5.59. The summed E-state index contributed by atoms with van der Waals surface area (Å²) in [5.41, 5.74) is 6.29. The molecule has 0 aliphatic rings. The van der Waals surface area contributed by atoms with Crippen molar-refractivity contribution in [3.63, 3.8) is 0 Å². The molecule has 0 aliphatic heterocycles. The molecule has 0 fully saturated rings. The Bertz CT molecular complexity index is 193. The first-order valence-electron chi connectivity index (χ1n) is 3.15. The number of hydrogen-bond donors (Lipinski definition) is 2. The normalized spacial score (nSPS) is 8.90. The first kappa shape index (κ1) is 6.91. The van der Waals surface area contributed by atoms with E-state index in [1.807, 2.05) is 0 Å². The van der Waals surface area contributed by atoms with Gasteiger partial charge in [0.25, 0.3) is 0 Å². The van der Waals surface area contributed by atoms with Crippen LogP contribution >= 0.6 is 0 Å². The lowest BCUT2D eigenvalue weighted by Crippen LogP contribution is -2.01. The van der Waals surface area contributed by atoms with Crippen molar-refractivity contribution in [3.05, 3.63) is 29.8 Å². The van der Waals surface area contributed by atoms with Gasteiger partial charge in [0, 0.05) is 5.56 Å². The van der Waals surface area contributed by atoms with Gasteiger partial charge in [-0.3, -0.25) is 0 Å². The van der Waals surface area contributed by atoms with Crippen molar-refractivity contribution in [2.24, 2.45) is 5.73 Å². The summed E-state index contributed by atoms with van der Waals surface area (Å²) in [5.74, 6) is 0.126. The fourth-order valence-corrected chi connectivity index (χ4v) is 0.709. The van der Waals surface area contributed by atoms with E-state index in [9.17, 15) is 0 Å². The van der Waals surface area contributed by atoms with Crippen LogP contribution in [0.25, 0.3) is 0 Å². The van der Waals surface area contributed by atoms with E-state index >= 15 is 0 Å². The molecule has 3 N–H and O–H groups in total. The van der Waals surface area contributed by atoms with Crippen LogP contribution in [0.2, 0.25) is 0 Å². The number of rotatable bonds is 2. The molecule has 1 aromatic carbocycles. The molecule has 0 amide bonds. The Balaban J connectivity index is 2.69. The highest BCUT2D eigenvalue weighted by Crippen LogP contribution is 2.03. The summed E-state index contributed by atoms with van der Waals surface area (Å²) in [6.45, 7) is 0.606. The van der Waals surface area contributed by atoms with Gasteiger partial charge in [-0.05, 0) is 31.2 Å². The number of nitrogens with two attached hydrogens (primary N) is 1. The van der Waals surface area contributed by atoms with Gasteiger partial charge in [-0.25, -0.2) is 0 Å². The van der Waals surface area contributed by atoms with Gasteiger partial charge in [0.1, 0.15) is 0 Å². The quantitative estimate of drug-likeness (QED) is 0.620. The monoisotopic (exact) mass is 135 g/mol. The average molecular weight is 135 g/mol. The van der Waals surface area contributed by atoms with E-state index in [-0.39, 0.29) is 5.75 Å². The zero-order valence-electron chi connectivity index (χ0n) is 5.59. The molecule has 0 heterocycles. The minimum atomic E-state index is 0.126. The van der Waals surface area contributed by atoms with E-state index in [4.69, 9.17) is 10.8 Å². The Morgan fingerprint density at radius 2 is 2.20 bits per heavy atom. The molecule has 1 rings (SSSR count). The van der Waals surface area contributed by atoms with E-state index in [2.05, 4.69) is 12.1 Å². The first-order chi connectivity index (χ1) is 4.83. The molecule has 0 aromatic heterocycles. The predicted octanol–water partition coefficient (Wildman–Crippen LogP) is 0.494. The summed E-state index contributed by atoms with van der Waals surface area (Å²) < 4.78 is 0. The summed E-state index contributed by atoms with van der Waals surface area (Å²) in [6, 6.07) is 8.72. The Labute approximate surface area is 60.3 Å². The molecular formula is C8H9NO. The molecule has 0 radical (unpaired) electrons. The third-order valence-electron chi connectivity index (χ3n) is 1.21. The van der Waals surface area contributed by atoms with Crippen LogP contribution in [0.3, 0.4) is 0 Å². The topological polar surface area (TPSA) is 46.2 Å². The van der Waals surface area contributed by atoms with Crippen molar-refractivity contribution in [1.29, 1.82) is 0 Å². The molecule has 0 unspecified atom stereocenters. The van der Waals surface area contributed by atoms with Crippen molar-refractivity contribution in [2.45, 2.75) is 6.42 Å². The van der Waals surface area contributed by atoms with Crippen molar-refractivity contribution in [3.8, 4) is 5.75 Å². The maximum atomic E-state index is 8.81. The van der Waals surface area contributed by atoms with Gasteiger partial charge in [-0.1, -0.05) is 6.07 Å². The fourth-order valence-electron chi connectivity index (χ4n) is 0.709. The summed E-state index contributed by atoms with van der Waals surface area (Å²) >= 11 is 0. The van der Waals surface area contributed by atoms with Crippen LogP contribution in [0.1, 0.15) is 5.56 Å². The lowest BCUT2D eigenvalue weighted by Gasteiger charge is -1.91. The van der Waals surface area contributed by atoms with Crippen molar-refractivity contribution < 1.29 is 5.11 Å². The number of aromatic hydroxyl groups is 1. The Hall–Kier alpha value is -1.20. The smallest absolute Gasteiger partial charge is 0.167 e. The van der Waals surface area contributed by atoms with E-state index < -0.39 is 0 Å². The fraction of sp³-hybridized carbons (Fsp3) is 0.250. The van der Waals surface area contributed by atoms with E-state index in [0.29, 0.717) is 6.54 Å². The summed E-state index contributed by atoms with van der Waals surface area (Å²) in [6.07, 6.45) is 0.788. The van der Waals surface area contributed by atoms with E-state index in [0.717, 1.165) is 12.0 Å². The molecule has 0 aliphatic carbocycles. The highest BCUT2D eigenvalue weighted by atomic mass is 16.3. The van der Waals surface area contributed by atoms with Crippen LogP contribution in [-0.2, 0) is 6.42 Å². The highest BCUT2D eigenvalue weighted by Gasteiger charge is 1.87. The van der Waals surface area contributed by atoms with Gasteiger partial charge >= 0.3 is 0 Å². The lowest BCUT2D eigenvalue weighted by atomic mass is 10.2. The molecule has 2 heteroatoms. The molecule has 0 spiro atoms. The van der Waals surface area contributed by atoms with Crippen LogP contribution in [0.4, 0.5) is 0 Å². The molecule has 0 bridgehead atoms. The Morgan fingerprint density at radius 3 is 2.70 bits per heavy atom. The molecule has 10 heavy (non-hydrogen) atoms. The van der Waals surface area contributed by atoms with Gasteiger partial charge in [0.05, 0.1) is 0 Å². The Morgan fingerprint density at radius 1 is 1.40 bits per heavy atom. The van der Waals surface area contributed by atoms with Crippen LogP contribution in [0.5, 0.6) is 5.75 Å². The van der Waals surface area contributed by atoms with Crippen LogP contribution in [0, 0.1) is 12.1 Å².